The van der Waals surface area contributed by atoms with Gasteiger partial charge in [-0.15, -0.1) is 0 Å². The molecule has 0 amide bonds. The molecule has 0 aliphatic carbocycles. The first-order valence-corrected chi connectivity index (χ1v) is 6.09. The zero-order valence-corrected chi connectivity index (χ0v) is 9.95. The minimum atomic E-state index is -10.7. The molecule has 0 bridgehead atoms. The summed E-state index contributed by atoms with van der Waals surface area (Å²) in [5.74, 6) is 0. The van der Waals surface area contributed by atoms with Crippen LogP contribution in [-0.4, -0.2) is 0 Å². The summed E-state index contributed by atoms with van der Waals surface area (Å²) in [7, 11) is -21.3. The molecule has 1 radical (unpaired) electrons. The summed E-state index contributed by atoms with van der Waals surface area (Å²) < 4.78 is 118. The minimum absolute atomic E-state index is 0. The molecule has 0 saturated heterocycles. The first-order chi connectivity index (χ1) is 4.90. The Morgan fingerprint density at radius 3 is 0.333 bits per heavy atom. The van der Waals surface area contributed by atoms with E-state index in [1.165, 1.54) is 0 Å². The molecule has 0 rings (SSSR count). The molecule has 0 aliphatic heterocycles. The smallest absolute Gasteiger partial charge is 0 e. The summed E-state index contributed by atoms with van der Waals surface area (Å²) in [4.78, 5) is 0. The van der Waals surface area contributed by atoms with Crippen molar-refractivity contribution in [3.63, 3.8) is 0 Å². The van der Waals surface area contributed by atoms with E-state index in [1.54, 1.807) is 0 Å². The molecule has 105 valence electrons. The topological polar surface area (TPSA) is 0 Å². The normalized spacial score (nSPS) is 21.6. The zero-order chi connectivity index (χ0) is 12.8. The van der Waals surface area contributed by atoms with E-state index in [0.29, 0.717) is 0 Å². The molecule has 0 heterocycles. The third-order valence-corrected chi connectivity index (χ3v) is 0. The minimum Gasteiger partial charge on any atom is 0 e. The van der Waals surface area contributed by atoms with Crippen LogP contribution in [0.2, 0.25) is 0 Å². The van der Waals surface area contributed by atoms with E-state index < -0.39 is 15.6 Å². The Balaban J connectivity index is -0.000000180. The van der Waals surface area contributed by atoms with Crippen molar-refractivity contribution in [3.8, 4) is 0 Å². The average Bonchev–Trinajstić information content (AvgIpc) is 0.938. The molecule has 0 atom stereocenters. The zero-order valence-electron chi connectivity index (χ0n) is 5.76. The van der Waals surface area contributed by atoms with E-state index in [0.717, 1.165) is 0 Å². The summed E-state index contributed by atoms with van der Waals surface area (Å²) in [5.41, 5.74) is 0. The maximum Gasteiger partial charge on any atom is 0 e. The van der Waals surface area contributed by atoms with E-state index in [2.05, 4.69) is 0 Å². The van der Waals surface area contributed by atoms with Crippen molar-refractivity contribution >= 4 is 15.6 Å². The van der Waals surface area contributed by atoms with Gasteiger partial charge in [0, 0.05) is 20.1 Å². The fourth-order valence-electron chi connectivity index (χ4n) is 0. The summed E-state index contributed by atoms with van der Waals surface area (Å²) in [6.07, 6.45) is 0. The largest absolute Gasteiger partial charge is 0 e. The van der Waals surface area contributed by atoms with Crippen LogP contribution in [-0.2, 0) is 20.1 Å². The number of rotatable bonds is 0. The van der Waals surface area contributed by atoms with Gasteiger partial charge in [-0.05, 0) is 0 Å². The Morgan fingerprint density at radius 1 is 0.333 bits per heavy atom. The van der Waals surface area contributed by atoms with Gasteiger partial charge in [0.2, 0.25) is 0 Å². The van der Waals surface area contributed by atoms with E-state index in [-0.39, 0.29) is 20.1 Å². The summed E-state index contributed by atoms with van der Waals surface area (Å²) >= 11 is 0. The molecular formula is F12IrP2-2. The number of hydrogen-bond donors (Lipinski definition) is 0. The molecule has 15 heteroatoms. The molecule has 0 spiro atoms. The van der Waals surface area contributed by atoms with E-state index in [9.17, 15) is 50.4 Å². The third-order valence-electron chi connectivity index (χ3n) is 0. The fraction of sp³-hybridized carbons (Fsp3) is 0. The first kappa shape index (κ1) is 21.0. The summed E-state index contributed by atoms with van der Waals surface area (Å²) in [6.45, 7) is 0. The number of halogens is 12. The molecule has 0 N–H and O–H groups in total. The van der Waals surface area contributed by atoms with Crippen molar-refractivity contribution in [3.05, 3.63) is 0 Å². The second-order valence-electron chi connectivity index (χ2n) is 1.92. The Kier molecular flexibility index (Phi) is 4.08. The van der Waals surface area contributed by atoms with Crippen LogP contribution >= 0.6 is 15.6 Å². The van der Waals surface area contributed by atoms with Crippen LogP contribution in [0.1, 0.15) is 0 Å². The van der Waals surface area contributed by atoms with Crippen molar-refractivity contribution < 1.29 is 70.5 Å². The van der Waals surface area contributed by atoms with Gasteiger partial charge in [0.05, 0.1) is 0 Å². The Bertz CT molecular complexity index is 161. The molecule has 0 unspecified atom stereocenters. The van der Waals surface area contributed by atoms with Gasteiger partial charge in [0.25, 0.3) is 0 Å². The standard InChI is InChI=1S/2F6P.Ir/c2*1-7(2,3,4,5)6;/q2*-1;. The second-order valence-corrected chi connectivity index (χ2v) is 5.75. The third kappa shape index (κ3) is 5260. The van der Waals surface area contributed by atoms with Crippen LogP contribution < -0.4 is 0 Å². The monoisotopic (exact) mass is 483 g/mol. The van der Waals surface area contributed by atoms with E-state index in [4.69, 9.17) is 0 Å². The summed E-state index contributed by atoms with van der Waals surface area (Å²) in [6, 6.07) is 0. The van der Waals surface area contributed by atoms with Crippen LogP contribution in [0.3, 0.4) is 0 Å². The maximum absolute atomic E-state index is 10.7. The molecule has 0 saturated carbocycles. The molecule has 0 aliphatic rings. The van der Waals surface area contributed by atoms with Crippen molar-refractivity contribution in [2.75, 3.05) is 0 Å². The molecule has 0 aromatic heterocycles. The molecule has 0 nitrogen and oxygen atoms in total. The van der Waals surface area contributed by atoms with Crippen LogP contribution in [0.25, 0.3) is 0 Å². The van der Waals surface area contributed by atoms with E-state index >= 15 is 0 Å². The average molecular weight is 482 g/mol. The van der Waals surface area contributed by atoms with Gasteiger partial charge in [-0.1, -0.05) is 0 Å². The van der Waals surface area contributed by atoms with Crippen molar-refractivity contribution in [1.82, 2.24) is 0 Å². The van der Waals surface area contributed by atoms with Crippen molar-refractivity contribution in [2.24, 2.45) is 0 Å². The van der Waals surface area contributed by atoms with Gasteiger partial charge in [0.1, 0.15) is 0 Å². The van der Waals surface area contributed by atoms with Crippen LogP contribution in [0.5, 0.6) is 0 Å². The van der Waals surface area contributed by atoms with Crippen LogP contribution in [0, 0.1) is 0 Å². The van der Waals surface area contributed by atoms with Gasteiger partial charge in [0.15, 0.2) is 0 Å². The Morgan fingerprint density at radius 2 is 0.333 bits per heavy atom. The molecule has 0 fully saturated rings. The first-order valence-electron chi connectivity index (χ1n) is 2.03. The van der Waals surface area contributed by atoms with Crippen LogP contribution in [0.4, 0.5) is 50.4 Å². The summed E-state index contributed by atoms with van der Waals surface area (Å²) in [5, 5.41) is 0. The Labute approximate surface area is 86.8 Å². The maximum atomic E-state index is 9.87. The second kappa shape index (κ2) is 2.91. The Hall–Kier alpha value is 0.669. The molecule has 0 aromatic carbocycles. The molecule has 15 heavy (non-hydrogen) atoms. The van der Waals surface area contributed by atoms with E-state index in [1.807, 2.05) is 0 Å². The van der Waals surface area contributed by atoms with Crippen LogP contribution in [0.15, 0.2) is 0 Å². The van der Waals surface area contributed by atoms with Gasteiger partial charge in [-0.25, -0.2) is 0 Å². The van der Waals surface area contributed by atoms with Gasteiger partial charge >= 0.3 is 66.0 Å². The fourth-order valence-corrected chi connectivity index (χ4v) is 0. The van der Waals surface area contributed by atoms with Gasteiger partial charge in [-0.3, -0.25) is 0 Å². The molecule has 0 aromatic rings. The number of hydrogen-bond acceptors (Lipinski definition) is 0. The molecular weight excluding hydrogens is 482 g/mol. The van der Waals surface area contributed by atoms with Gasteiger partial charge < -0.3 is 0 Å². The van der Waals surface area contributed by atoms with Crippen molar-refractivity contribution in [1.29, 1.82) is 0 Å². The quantitative estimate of drug-likeness (QED) is 0.265. The predicted molar refractivity (Wildman–Crippen MR) is 27.1 cm³/mol. The SMILES string of the molecule is F[P-](F)(F)(F)(F)F.F[P-](F)(F)(F)(F)F.[Ir]. The van der Waals surface area contributed by atoms with Crippen molar-refractivity contribution in [2.45, 2.75) is 0 Å². The van der Waals surface area contributed by atoms with Gasteiger partial charge in [-0.2, -0.15) is 0 Å². The predicted octanol–water partition coefficient (Wildman–Crippen LogP) is 6.76.